The molecular formula is C19H16ClN5O3S. The number of rotatable bonds is 5. The number of pyridine rings is 2. The number of halogens is 1. The highest BCUT2D eigenvalue weighted by Gasteiger charge is 2.25. The number of fused-ring (bicyclic) bond motifs is 2. The van der Waals surface area contributed by atoms with E-state index >= 15 is 0 Å². The van der Waals surface area contributed by atoms with E-state index in [9.17, 15) is 13.2 Å². The van der Waals surface area contributed by atoms with Crippen molar-refractivity contribution in [2.24, 2.45) is 0 Å². The summed E-state index contributed by atoms with van der Waals surface area (Å²) in [6, 6.07) is 13.5. The summed E-state index contributed by atoms with van der Waals surface area (Å²) < 4.78 is 29.9. The van der Waals surface area contributed by atoms with Crippen LogP contribution in [0.4, 0.5) is 5.82 Å². The average Bonchev–Trinajstić information content (AvgIpc) is 3.03. The maximum atomic E-state index is 13.0. The van der Waals surface area contributed by atoms with Crippen molar-refractivity contribution in [3.8, 4) is 0 Å². The van der Waals surface area contributed by atoms with E-state index in [0.29, 0.717) is 28.7 Å². The summed E-state index contributed by atoms with van der Waals surface area (Å²) >= 11 is 6.10. The van der Waals surface area contributed by atoms with Gasteiger partial charge in [0.05, 0.1) is 11.1 Å². The number of para-hydroxylation sites is 1. The van der Waals surface area contributed by atoms with Crippen molar-refractivity contribution in [3.05, 3.63) is 65.4 Å². The van der Waals surface area contributed by atoms with Gasteiger partial charge in [-0.3, -0.25) is 13.9 Å². The molecule has 2 N–H and O–H groups in total. The van der Waals surface area contributed by atoms with E-state index < -0.39 is 10.0 Å². The van der Waals surface area contributed by atoms with Crippen LogP contribution >= 0.6 is 11.6 Å². The lowest BCUT2D eigenvalue weighted by atomic mass is 10.1. The molecule has 0 saturated heterocycles. The van der Waals surface area contributed by atoms with Gasteiger partial charge in [-0.05, 0) is 31.2 Å². The average molecular weight is 430 g/mol. The van der Waals surface area contributed by atoms with Crippen LogP contribution in [0.1, 0.15) is 17.3 Å². The topological polar surface area (TPSA) is 105 Å². The number of amides is 1. The molecule has 0 radical (unpaired) electrons. The smallest absolute Gasteiger partial charge is 0.282 e. The number of nitrogens with one attached hydrogen (secondary N) is 2. The molecule has 10 heteroatoms. The monoisotopic (exact) mass is 429 g/mol. The van der Waals surface area contributed by atoms with Gasteiger partial charge in [0, 0.05) is 18.1 Å². The van der Waals surface area contributed by atoms with Crippen molar-refractivity contribution in [2.45, 2.75) is 11.9 Å². The van der Waals surface area contributed by atoms with Gasteiger partial charge in [0.1, 0.15) is 11.5 Å². The summed E-state index contributed by atoms with van der Waals surface area (Å²) in [7, 11) is -4.13. The second kappa shape index (κ2) is 7.34. The number of imidazole rings is 1. The first-order valence-electron chi connectivity index (χ1n) is 8.74. The Morgan fingerprint density at radius 2 is 1.90 bits per heavy atom. The summed E-state index contributed by atoms with van der Waals surface area (Å²) in [6.07, 6.45) is 1.55. The number of nitrogens with zero attached hydrogens (tertiary/aromatic N) is 3. The van der Waals surface area contributed by atoms with E-state index in [1.165, 1.54) is 10.5 Å². The minimum Gasteiger partial charge on any atom is -0.352 e. The van der Waals surface area contributed by atoms with E-state index in [2.05, 4.69) is 20.0 Å². The Kier molecular flexibility index (Phi) is 4.85. The van der Waals surface area contributed by atoms with Crippen LogP contribution in [0.5, 0.6) is 0 Å². The number of anilines is 1. The molecule has 29 heavy (non-hydrogen) atoms. The normalized spacial score (nSPS) is 11.7. The van der Waals surface area contributed by atoms with Gasteiger partial charge in [-0.2, -0.15) is 8.42 Å². The van der Waals surface area contributed by atoms with Gasteiger partial charge in [0.25, 0.3) is 15.9 Å². The number of hydrogen-bond acceptors (Lipinski definition) is 5. The molecule has 3 heterocycles. The van der Waals surface area contributed by atoms with Gasteiger partial charge >= 0.3 is 0 Å². The van der Waals surface area contributed by atoms with E-state index in [0.717, 1.165) is 0 Å². The highest BCUT2D eigenvalue weighted by Crippen LogP contribution is 2.26. The Morgan fingerprint density at radius 3 is 2.69 bits per heavy atom. The predicted molar refractivity (Wildman–Crippen MR) is 111 cm³/mol. The first-order chi connectivity index (χ1) is 13.9. The minimum absolute atomic E-state index is 0.00639. The molecule has 0 bridgehead atoms. The van der Waals surface area contributed by atoms with Crippen LogP contribution in [0.3, 0.4) is 0 Å². The van der Waals surface area contributed by atoms with Gasteiger partial charge in [0.15, 0.2) is 10.2 Å². The Hall–Kier alpha value is -3.17. The molecule has 148 valence electrons. The fraction of sp³-hybridized carbons (Fsp3) is 0.105. The number of carbonyl (C=O) groups is 1. The van der Waals surface area contributed by atoms with Gasteiger partial charge < -0.3 is 5.32 Å². The van der Waals surface area contributed by atoms with Crippen molar-refractivity contribution in [1.29, 1.82) is 0 Å². The summed E-state index contributed by atoms with van der Waals surface area (Å²) in [5.41, 5.74) is 1.20. The molecule has 0 aliphatic rings. The number of hydrogen-bond donors (Lipinski definition) is 2. The molecule has 1 amide bonds. The molecule has 1 aromatic carbocycles. The standard InChI is InChI=1S/C19H16ClN5O3S/c1-2-21-18(26)13-11-15(22-14-8-4-3-7-12(13)14)24-29(27,28)19-17(20)23-16-9-5-6-10-25(16)19/h3-11H,2H2,1H3,(H,21,26)(H,22,24). The van der Waals surface area contributed by atoms with Crippen LogP contribution in [0.25, 0.3) is 16.6 Å². The van der Waals surface area contributed by atoms with Crippen molar-refractivity contribution >= 4 is 49.9 Å². The summed E-state index contributed by atoms with van der Waals surface area (Å²) in [5.74, 6) is -0.314. The zero-order valence-corrected chi connectivity index (χ0v) is 16.8. The maximum Gasteiger partial charge on any atom is 0.282 e. The Balaban J connectivity index is 1.83. The number of benzene rings is 1. The van der Waals surface area contributed by atoms with Crippen molar-refractivity contribution < 1.29 is 13.2 Å². The van der Waals surface area contributed by atoms with Gasteiger partial charge in [-0.15, -0.1) is 0 Å². The van der Waals surface area contributed by atoms with Crippen LogP contribution in [-0.4, -0.2) is 35.2 Å². The van der Waals surface area contributed by atoms with E-state index in [1.54, 1.807) is 55.6 Å². The fourth-order valence-electron chi connectivity index (χ4n) is 3.04. The number of sulfonamides is 1. The molecule has 0 aliphatic carbocycles. The highest BCUT2D eigenvalue weighted by atomic mass is 35.5. The third-order valence-corrected chi connectivity index (χ3v) is 5.99. The van der Waals surface area contributed by atoms with Crippen LogP contribution in [0.15, 0.2) is 59.8 Å². The fourth-order valence-corrected chi connectivity index (χ4v) is 4.68. The zero-order chi connectivity index (χ0) is 20.6. The largest absolute Gasteiger partial charge is 0.352 e. The third-order valence-electron chi connectivity index (χ3n) is 4.24. The lowest BCUT2D eigenvalue weighted by molar-refractivity contribution is 0.0957. The maximum absolute atomic E-state index is 13.0. The molecule has 8 nitrogen and oxygen atoms in total. The van der Waals surface area contributed by atoms with Crippen LogP contribution in [-0.2, 0) is 10.0 Å². The minimum atomic E-state index is -4.13. The van der Waals surface area contributed by atoms with E-state index in [4.69, 9.17) is 11.6 Å². The van der Waals surface area contributed by atoms with Crippen molar-refractivity contribution in [1.82, 2.24) is 19.7 Å². The van der Waals surface area contributed by atoms with Crippen LogP contribution < -0.4 is 10.0 Å². The van der Waals surface area contributed by atoms with Crippen LogP contribution in [0.2, 0.25) is 5.15 Å². The molecular weight excluding hydrogens is 414 g/mol. The Morgan fingerprint density at radius 1 is 1.14 bits per heavy atom. The molecule has 0 atom stereocenters. The van der Waals surface area contributed by atoms with Crippen molar-refractivity contribution in [3.63, 3.8) is 0 Å². The zero-order valence-electron chi connectivity index (χ0n) is 15.3. The van der Waals surface area contributed by atoms with Gasteiger partial charge in [0.2, 0.25) is 0 Å². The molecule has 0 spiro atoms. The van der Waals surface area contributed by atoms with E-state index in [1.807, 2.05) is 0 Å². The van der Waals surface area contributed by atoms with E-state index in [-0.39, 0.29) is 21.9 Å². The van der Waals surface area contributed by atoms with Gasteiger partial charge in [-0.25, -0.2) is 9.97 Å². The molecule has 0 aliphatic heterocycles. The van der Waals surface area contributed by atoms with Crippen molar-refractivity contribution in [2.75, 3.05) is 11.3 Å². The van der Waals surface area contributed by atoms with Crippen LogP contribution in [0, 0.1) is 0 Å². The Labute approximate surface area is 171 Å². The number of carbonyl (C=O) groups excluding carboxylic acids is 1. The second-order valence-electron chi connectivity index (χ2n) is 6.17. The first-order valence-corrected chi connectivity index (χ1v) is 10.6. The molecule has 3 aromatic heterocycles. The molecule has 0 saturated carbocycles. The summed E-state index contributed by atoms with van der Waals surface area (Å²) in [5, 5.41) is 2.98. The Bertz CT molecular complexity index is 1350. The highest BCUT2D eigenvalue weighted by molar-refractivity contribution is 7.92. The SMILES string of the molecule is CCNC(=O)c1cc(NS(=O)(=O)c2c(Cl)nc3ccccn23)nc2ccccc12. The second-order valence-corrected chi connectivity index (χ2v) is 8.13. The molecule has 0 fully saturated rings. The number of aromatic nitrogens is 3. The van der Waals surface area contributed by atoms with Gasteiger partial charge in [-0.1, -0.05) is 35.9 Å². The molecule has 0 unspecified atom stereocenters. The predicted octanol–water partition coefficient (Wildman–Crippen LogP) is 3.09. The molecule has 4 aromatic rings. The third kappa shape index (κ3) is 3.50. The summed E-state index contributed by atoms with van der Waals surface area (Å²) in [6.45, 7) is 2.24. The lowest BCUT2D eigenvalue weighted by Crippen LogP contribution is -2.23. The lowest BCUT2D eigenvalue weighted by Gasteiger charge is -2.11. The molecule has 4 rings (SSSR count). The first kappa shape index (κ1) is 19.2. The summed E-state index contributed by atoms with van der Waals surface area (Å²) in [4.78, 5) is 20.9. The quantitative estimate of drug-likeness (QED) is 0.507.